The van der Waals surface area contributed by atoms with Gasteiger partial charge in [0.1, 0.15) is 0 Å². The van der Waals surface area contributed by atoms with Crippen LogP contribution in [-0.4, -0.2) is 12.6 Å². The Balaban J connectivity index is 2.52. The smallest absolute Gasteiger partial charge is 0.307 e. The zero-order valence-corrected chi connectivity index (χ0v) is 9.97. The highest BCUT2D eigenvalue weighted by Gasteiger charge is 2.14. The molecule has 0 amide bonds. The summed E-state index contributed by atoms with van der Waals surface area (Å²) in [5, 5.41) is 0. The van der Waals surface area contributed by atoms with Crippen molar-refractivity contribution in [1.29, 1.82) is 0 Å². The molecule has 0 saturated heterocycles. The molecule has 15 heavy (non-hydrogen) atoms. The van der Waals surface area contributed by atoms with E-state index >= 15 is 0 Å². The second-order valence-electron chi connectivity index (χ2n) is 3.27. The van der Waals surface area contributed by atoms with Crippen LogP contribution in [0.5, 0.6) is 0 Å². The van der Waals surface area contributed by atoms with Crippen LogP contribution in [0.3, 0.4) is 0 Å². The van der Waals surface area contributed by atoms with E-state index in [4.69, 9.17) is 10.5 Å². The lowest BCUT2D eigenvalue weighted by atomic mass is 10.2. The lowest BCUT2D eigenvalue weighted by Crippen LogP contribution is -2.16. The third-order valence-electron chi connectivity index (χ3n) is 2.09. The van der Waals surface area contributed by atoms with Crippen LogP contribution < -0.4 is 5.73 Å². The van der Waals surface area contributed by atoms with E-state index in [2.05, 4.69) is 13.0 Å². The lowest BCUT2D eigenvalue weighted by molar-refractivity contribution is -0.143. The van der Waals surface area contributed by atoms with Crippen LogP contribution >= 0.6 is 11.3 Å². The number of nitrogens with two attached hydrogens (primary N) is 1. The molecule has 0 aliphatic rings. The second-order valence-corrected chi connectivity index (χ2v) is 4.47. The molecule has 1 rings (SSSR count). The number of thiophene rings is 1. The zero-order chi connectivity index (χ0) is 11.3. The molecule has 84 valence electrons. The number of esters is 1. The molecule has 0 unspecified atom stereocenters. The lowest BCUT2D eigenvalue weighted by Gasteiger charge is -2.08. The minimum Gasteiger partial charge on any atom is -0.466 e. The van der Waals surface area contributed by atoms with Gasteiger partial charge >= 0.3 is 5.97 Å². The molecular formula is C11H17NO2S. The number of carbonyl (C=O) groups excluding carboxylic acids is 1. The van der Waals surface area contributed by atoms with E-state index in [9.17, 15) is 4.79 Å². The number of aryl methyl sites for hydroxylation is 1. The fraction of sp³-hybridized carbons (Fsp3) is 0.545. The normalized spacial score (nSPS) is 12.5. The van der Waals surface area contributed by atoms with Crippen LogP contribution in [0.15, 0.2) is 12.1 Å². The summed E-state index contributed by atoms with van der Waals surface area (Å²) in [4.78, 5) is 13.6. The highest BCUT2D eigenvalue weighted by Crippen LogP contribution is 2.24. The molecule has 0 aromatic carbocycles. The summed E-state index contributed by atoms with van der Waals surface area (Å²) in [6.07, 6.45) is 1.27. The SMILES string of the molecule is CCOC(=O)C[C@@H](N)c1ccc(CC)s1. The largest absolute Gasteiger partial charge is 0.466 e. The molecule has 0 bridgehead atoms. The molecule has 0 fully saturated rings. The highest BCUT2D eigenvalue weighted by atomic mass is 32.1. The summed E-state index contributed by atoms with van der Waals surface area (Å²) in [6, 6.07) is 3.83. The molecule has 2 N–H and O–H groups in total. The van der Waals surface area contributed by atoms with E-state index in [0.29, 0.717) is 6.61 Å². The van der Waals surface area contributed by atoms with E-state index in [0.717, 1.165) is 11.3 Å². The number of hydrogen-bond donors (Lipinski definition) is 1. The Labute approximate surface area is 94.2 Å². The fourth-order valence-electron chi connectivity index (χ4n) is 1.28. The third kappa shape index (κ3) is 3.64. The molecule has 1 atom stereocenters. The van der Waals surface area contributed by atoms with E-state index < -0.39 is 0 Å². The number of carbonyl (C=O) groups is 1. The molecule has 4 heteroatoms. The standard InChI is InChI=1S/C11H17NO2S/c1-3-8-5-6-10(15-8)9(12)7-11(13)14-4-2/h5-6,9H,3-4,7,12H2,1-2H3/t9-/m1/s1. The molecule has 0 aliphatic carbocycles. The van der Waals surface area contributed by atoms with Crippen LogP contribution in [-0.2, 0) is 16.0 Å². The summed E-state index contributed by atoms with van der Waals surface area (Å²) in [5.41, 5.74) is 5.90. The Kier molecular flexibility index (Phi) is 4.78. The van der Waals surface area contributed by atoms with Crippen molar-refractivity contribution in [2.45, 2.75) is 32.7 Å². The molecule has 1 heterocycles. The molecule has 1 aromatic rings. The monoisotopic (exact) mass is 227 g/mol. The minimum absolute atomic E-state index is 0.226. The summed E-state index contributed by atoms with van der Waals surface area (Å²) >= 11 is 1.67. The van der Waals surface area contributed by atoms with Crippen molar-refractivity contribution >= 4 is 17.3 Å². The predicted molar refractivity (Wildman–Crippen MR) is 61.9 cm³/mol. The van der Waals surface area contributed by atoms with Gasteiger partial charge in [0, 0.05) is 15.8 Å². The van der Waals surface area contributed by atoms with E-state index in [1.807, 2.05) is 6.07 Å². The van der Waals surface area contributed by atoms with Gasteiger partial charge in [0.2, 0.25) is 0 Å². The molecule has 0 spiro atoms. The number of rotatable bonds is 5. The summed E-state index contributed by atoms with van der Waals surface area (Å²) in [7, 11) is 0. The second kappa shape index (κ2) is 5.88. The Morgan fingerprint density at radius 2 is 2.27 bits per heavy atom. The van der Waals surface area contributed by atoms with Crippen LogP contribution in [0, 0.1) is 0 Å². The van der Waals surface area contributed by atoms with Gasteiger partial charge in [-0.25, -0.2) is 0 Å². The van der Waals surface area contributed by atoms with Crippen molar-refractivity contribution in [1.82, 2.24) is 0 Å². The Bertz CT molecular complexity index is 322. The maximum Gasteiger partial charge on any atom is 0.307 e. The van der Waals surface area contributed by atoms with Gasteiger partial charge in [-0.2, -0.15) is 0 Å². The van der Waals surface area contributed by atoms with Gasteiger partial charge in [0.25, 0.3) is 0 Å². The van der Waals surface area contributed by atoms with Crippen molar-refractivity contribution in [2.24, 2.45) is 5.73 Å². The molecule has 1 aromatic heterocycles. The quantitative estimate of drug-likeness (QED) is 0.785. The number of ether oxygens (including phenoxy) is 1. The fourth-order valence-corrected chi connectivity index (χ4v) is 2.24. The Morgan fingerprint density at radius 3 is 2.80 bits per heavy atom. The average Bonchev–Trinajstić information content (AvgIpc) is 2.66. The number of hydrogen-bond acceptors (Lipinski definition) is 4. The van der Waals surface area contributed by atoms with E-state index in [1.54, 1.807) is 18.3 Å². The van der Waals surface area contributed by atoms with Gasteiger partial charge in [0.05, 0.1) is 13.0 Å². The first-order valence-electron chi connectivity index (χ1n) is 5.17. The summed E-state index contributed by atoms with van der Waals surface area (Å²) in [5.74, 6) is -0.226. The van der Waals surface area contributed by atoms with Crippen molar-refractivity contribution in [3.63, 3.8) is 0 Å². The first-order valence-corrected chi connectivity index (χ1v) is 5.98. The van der Waals surface area contributed by atoms with Gasteiger partial charge in [0.15, 0.2) is 0 Å². The van der Waals surface area contributed by atoms with Gasteiger partial charge in [-0.15, -0.1) is 11.3 Å². The predicted octanol–water partition coefficient (Wildman–Crippen LogP) is 2.26. The van der Waals surface area contributed by atoms with Crippen molar-refractivity contribution in [2.75, 3.05) is 6.61 Å². The van der Waals surface area contributed by atoms with Crippen molar-refractivity contribution < 1.29 is 9.53 Å². The summed E-state index contributed by atoms with van der Waals surface area (Å²) in [6.45, 7) is 4.31. The van der Waals surface area contributed by atoms with Crippen LogP contribution in [0.4, 0.5) is 0 Å². The molecule has 0 aliphatic heterocycles. The third-order valence-corrected chi connectivity index (χ3v) is 3.45. The Hall–Kier alpha value is -0.870. The van der Waals surface area contributed by atoms with Gasteiger partial charge in [-0.1, -0.05) is 6.92 Å². The van der Waals surface area contributed by atoms with Crippen LogP contribution in [0.1, 0.15) is 36.1 Å². The van der Waals surface area contributed by atoms with Gasteiger partial charge < -0.3 is 10.5 Å². The highest BCUT2D eigenvalue weighted by molar-refractivity contribution is 7.12. The first-order chi connectivity index (χ1) is 7.17. The maximum absolute atomic E-state index is 11.2. The first kappa shape index (κ1) is 12.2. The topological polar surface area (TPSA) is 52.3 Å². The van der Waals surface area contributed by atoms with Gasteiger partial charge in [-0.05, 0) is 25.5 Å². The van der Waals surface area contributed by atoms with Crippen molar-refractivity contribution in [3.05, 3.63) is 21.9 Å². The molecular weight excluding hydrogens is 210 g/mol. The molecule has 0 saturated carbocycles. The van der Waals surface area contributed by atoms with Crippen LogP contribution in [0.25, 0.3) is 0 Å². The van der Waals surface area contributed by atoms with Gasteiger partial charge in [-0.3, -0.25) is 4.79 Å². The Morgan fingerprint density at radius 1 is 1.53 bits per heavy atom. The van der Waals surface area contributed by atoms with Crippen LogP contribution in [0.2, 0.25) is 0 Å². The maximum atomic E-state index is 11.2. The molecule has 0 radical (unpaired) electrons. The minimum atomic E-state index is -0.227. The van der Waals surface area contributed by atoms with E-state index in [1.165, 1.54) is 4.88 Å². The van der Waals surface area contributed by atoms with Crippen molar-refractivity contribution in [3.8, 4) is 0 Å². The molecule has 3 nitrogen and oxygen atoms in total. The summed E-state index contributed by atoms with van der Waals surface area (Å²) < 4.78 is 4.85. The zero-order valence-electron chi connectivity index (χ0n) is 9.16. The van der Waals surface area contributed by atoms with E-state index in [-0.39, 0.29) is 18.4 Å². The average molecular weight is 227 g/mol.